The third-order valence-electron chi connectivity index (χ3n) is 4.39. The predicted molar refractivity (Wildman–Crippen MR) is 116 cm³/mol. The van der Waals surface area contributed by atoms with E-state index in [1.807, 2.05) is 12.1 Å². The van der Waals surface area contributed by atoms with E-state index in [1.54, 1.807) is 6.07 Å². The normalized spacial score (nSPS) is 15.6. The molecule has 28 heavy (non-hydrogen) atoms. The molecule has 1 heterocycles. The molecule has 0 unspecified atom stereocenters. The van der Waals surface area contributed by atoms with Crippen LogP contribution in [-0.2, 0) is 16.4 Å². The minimum Gasteiger partial charge on any atom is -0.322 e. The fourth-order valence-electron chi connectivity index (χ4n) is 3.16. The highest BCUT2D eigenvalue weighted by atomic mass is 35.5. The second-order valence-corrected chi connectivity index (χ2v) is 9.82. The molecule has 0 saturated carbocycles. The third-order valence-corrected chi connectivity index (χ3v) is 7.26. The van der Waals surface area contributed by atoms with E-state index < -0.39 is 15.9 Å². The molecule has 1 saturated heterocycles. The van der Waals surface area contributed by atoms with E-state index in [0.717, 1.165) is 18.4 Å². The summed E-state index contributed by atoms with van der Waals surface area (Å²) in [6.07, 6.45) is 2.29. The van der Waals surface area contributed by atoms with Gasteiger partial charge in [-0.15, -0.1) is 0 Å². The van der Waals surface area contributed by atoms with Gasteiger partial charge in [0, 0.05) is 22.8 Å². The Morgan fingerprint density at radius 1 is 1.14 bits per heavy atom. The smallest absolute Gasteiger partial charge is 0.255 e. The SMILES string of the molecule is CCCc1cc(Cl)cc(NC(=O)c2cc(Cl)c(Cl)c(N3CCCS3(=O)=O)c2)c1. The van der Waals surface area contributed by atoms with Gasteiger partial charge in [0.15, 0.2) is 0 Å². The van der Waals surface area contributed by atoms with E-state index in [0.29, 0.717) is 23.7 Å². The van der Waals surface area contributed by atoms with Gasteiger partial charge in [-0.25, -0.2) is 8.42 Å². The second-order valence-electron chi connectivity index (χ2n) is 6.59. The summed E-state index contributed by atoms with van der Waals surface area (Å²) in [5, 5.41) is 3.54. The molecular formula is C19H19Cl3N2O3S. The van der Waals surface area contributed by atoms with Gasteiger partial charge in [-0.2, -0.15) is 0 Å². The van der Waals surface area contributed by atoms with Crippen LogP contribution in [0, 0.1) is 0 Å². The van der Waals surface area contributed by atoms with E-state index in [9.17, 15) is 13.2 Å². The fraction of sp³-hybridized carbons (Fsp3) is 0.316. The number of hydrogen-bond acceptors (Lipinski definition) is 3. The minimum atomic E-state index is -3.46. The van der Waals surface area contributed by atoms with Crippen molar-refractivity contribution in [1.82, 2.24) is 0 Å². The van der Waals surface area contributed by atoms with Crippen LogP contribution >= 0.6 is 34.8 Å². The first-order valence-corrected chi connectivity index (χ1v) is 11.6. The molecule has 1 fully saturated rings. The Kier molecular flexibility index (Phi) is 6.44. The molecule has 9 heteroatoms. The van der Waals surface area contributed by atoms with Gasteiger partial charge in [-0.05, 0) is 48.7 Å². The Bertz CT molecular complexity index is 1030. The average molecular weight is 462 g/mol. The summed E-state index contributed by atoms with van der Waals surface area (Å²) in [5.41, 5.74) is 2.00. The monoisotopic (exact) mass is 460 g/mol. The number of rotatable bonds is 5. The highest BCUT2D eigenvalue weighted by molar-refractivity contribution is 7.93. The van der Waals surface area contributed by atoms with Crippen LogP contribution in [0.25, 0.3) is 0 Å². The van der Waals surface area contributed by atoms with Crippen molar-refractivity contribution < 1.29 is 13.2 Å². The van der Waals surface area contributed by atoms with Crippen LogP contribution in [0.1, 0.15) is 35.7 Å². The van der Waals surface area contributed by atoms with E-state index in [4.69, 9.17) is 34.8 Å². The molecule has 5 nitrogen and oxygen atoms in total. The Labute approximate surface area is 179 Å². The maximum absolute atomic E-state index is 12.8. The summed E-state index contributed by atoms with van der Waals surface area (Å²) >= 11 is 18.5. The fourth-order valence-corrected chi connectivity index (χ4v) is 5.45. The molecule has 0 bridgehead atoms. The Balaban J connectivity index is 1.93. The molecule has 0 atom stereocenters. The molecule has 3 rings (SSSR count). The van der Waals surface area contributed by atoms with Crippen molar-refractivity contribution in [3.8, 4) is 0 Å². The molecule has 1 aliphatic heterocycles. The number of hydrogen-bond donors (Lipinski definition) is 1. The number of benzene rings is 2. The maximum Gasteiger partial charge on any atom is 0.255 e. The zero-order chi connectivity index (χ0) is 20.5. The Morgan fingerprint density at radius 2 is 1.89 bits per heavy atom. The summed E-state index contributed by atoms with van der Waals surface area (Å²) < 4.78 is 25.7. The van der Waals surface area contributed by atoms with Crippen LogP contribution in [-0.4, -0.2) is 26.6 Å². The quantitative estimate of drug-likeness (QED) is 0.649. The molecule has 1 N–H and O–H groups in total. The van der Waals surface area contributed by atoms with Gasteiger partial charge in [0.2, 0.25) is 10.0 Å². The van der Waals surface area contributed by atoms with Gasteiger partial charge < -0.3 is 5.32 Å². The largest absolute Gasteiger partial charge is 0.322 e. The van der Waals surface area contributed by atoms with Gasteiger partial charge >= 0.3 is 0 Å². The molecular weight excluding hydrogens is 443 g/mol. The van der Waals surface area contributed by atoms with Gasteiger partial charge in [0.1, 0.15) is 0 Å². The number of sulfonamides is 1. The lowest BCUT2D eigenvalue weighted by atomic mass is 10.1. The Hall–Kier alpha value is -1.47. The van der Waals surface area contributed by atoms with Crippen molar-refractivity contribution >= 4 is 62.1 Å². The lowest BCUT2D eigenvalue weighted by Gasteiger charge is -2.20. The molecule has 1 aliphatic rings. The van der Waals surface area contributed by atoms with Crippen LogP contribution in [0.3, 0.4) is 0 Å². The first kappa shape index (κ1) is 21.2. The maximum atomic E-state index is 12.8. The standard InChI is InChI=1S/C19H19Cl3N2O3S/c1-2-4-12-7-14(20)11-15(8-12)23-19(25)13-9-16(21)18(22)17(10-13)24-5-3-6-28(24,26)27/h7-11H,2-6H2,1H3,(H,23,25). The molecule has 1 amide bonds. The van der Waals surface area contributed by atoms with Crippen molar-refractivity contribution in [2.45, 2.75) is 26.2 Å². The van der Waals surface area contributed by atoms with Gasteiger partial charge in [0.25, 0.3) is 5.91 Å². The van der Waals surface area contributed by atoms with Crippen LogP contribution < -0.4 is 9.62 Å². The number of anilines is 2. The number of aryl methyl sites for hydroxylation is 1. The summed E-state index contributed by atoms with van der Waals surface area (Å²) in [7, 11) is -3.46. The topological polar surface area (TPSA) is 66.5 Å². The summed E-state index contributed by atoms with van der Waals surface area (Å²) in [6, 6.07) is 8.24. The van der Waals surface area contributed by atoms with E-state index in [2.05, 4.69) is 12.2 Å². The van der Waals surface area contributed by atoms with Crippen molar-refractivity contribution in [2.24, 2.45) is 0 Å². The zero-order valence-corrected chi connectivity index (χ0v) is 18.2. The number of carbonyl (C=O) groups excluding carboxylic acids is 1. The number of nitrogens with one attached hydrogen (secondary N) is 1. The average Bonchev–Trinajstić information content (AvgIpc) is 2.96. The number of amides is 1. The van der Waals surface area contributed by atoms with Crippen LogP contribution in [0.4, 0.5) is 11.4 Å². The summed E-state index contributed by atoms with van der Waals surface area (Å²) in [4.78, 5) is 12.8. The van der Waals surface area contributed by atoms with Crippen molar-refractivity contribution in [2.75, 3.05) is 21.9 Å². The summed E-state index contributed by atoms with van der Waals surface area (Å²) in [6.45, 7) is 2.36. The van der Waals surface area contributed by atoms with Gasteiger partial charge in [-0.3, -0.25) is 9.10 Å². The molecule has 2 aromatic rings. The first-order valence-electron chi connectivity index (χ1n) is 8.81. The second kappa shape index (κ2) is 8.49. The van der Waals surface area contributed by atoms with E-state index in [1.165, 1.54) is 16.4 Å². The molecule has 0 aromatic heterocycles. The number of carbonyl (C=O) groups is 1. The lowest BCUT2D eigenvalue weighted by molar-refractivity contribution is 0.102. The van der Waals surface area contributed by atoms with Crippen molar-refractivity contribution in [1.29, 1.82) is 0 Å². The van der Waals surface area contributed by atoms with Gasteiger partial charge in [-0.1, -0.05) is 48.1 Å². The lowest BCUT2D eigenvalue weighted by Crippen LogP contribution is -2.26. The highest BCUT2D eigenvalue weighted by Gasteiger charge is 2.31. The zero-order valence-electron chi connectivity index (χ0n) is 15.1. The van der Waals surface area contributed by atoms with Crippen LogP contribution in [0.2, 0.25) is 15.1 Å². The Morgan fingerprint density at radius 3 is 2.54 bits per heavy atom. The highest BCUT2D eigenvalue weighted by Crippen LogP contribution is 2.37. The van der Waals surface area contributed by atoms with Crippen molar-refractivity contribution in [3.05, 3.63) is 56.5 Å². The molecule has 2 aromatic carbocycles. The van der Waals surface area contributed by atoms with E-state index >= 15 is 0 Å². The summed E-state index contributed by atoms with van der Waals surface area (Å²) in [5.74, 6) is -0.388. The third kappa shape index (κ3) is 4.57. The molecule has 150 valence electrons. The van der Waals surface area contributed by atoms with Crippen LogP contribution in [0.15, 0.2) is 30.3 Å². The molecule has 0 aliphatic carbocycles. The minimum absolute atomic E-state index is 0.0418. The molecule has 0 spiro atoms. The first-order chi connectivity index (χ1) is 13.2. The van der Waals surface area contributed by atoms with E-state index in [-0.39, 0.29) is 27.0 Å². The number of nitrogens with zero attached hydrogens (tertiary/aromatic N) is 1. The van der Waals surface area contributed by atoms with Gasteiger partial charge in [0.05, 0.1) is 21.5 Å². The van der Waals surface area contributed by atoms with Crippen LogP contribution in [0.5, 0.6) is 0 Å². The predicted octanol–water partition coefficient (Wildman–Crippen LogP) is 5.39. The number of halogens is 3. The molecule has 0 radical (unpaired) electrons. The van der Waals surface area contributed by atoms with Crippen molar-refractivity contribution in [3.63, 3.8) is 0 Å².